The second-order valence-electron chi connectivity index (χ2n) is 6.49. The van der Waals surface area contributed by atoms with Crippen molar-refractivity contribution in [3.05, 3.63) is 64.7 Å². The lowest BCUT2D eigenvalue weighted by Crippen LogP contribution is -2.47. The molecule has 2 heterocycles. The van der Waals surface area contributed by atoms with Crippen molar-refractivity contribution in [3.8, 4) is 5.75 Å². The SMILES string of the molecule is O=C(/C=C/c1ccc(F)cc1C(F)(F)F)N1CCOC(COc2cncc(Cl)c2)C1. The smallest absolute Gasteiger partial charge is 0.417 e. The van der Waals surface area contributed by atoms with E-state index in [0.29, 0.717) is 16.8 Å². The Labute approximate surface area is 174 Å². The van der Waals surface area contributed by atoms with Crippen molar-refractivity contribution in [2.45, 2.75) is 12.3 Å². The summed E-state index contributed by atoms with van der Waals surface area (Å²) in [6, 6.07) is 3.88. The van der Waals surface area contributed by atoms with E-state index < -0.39 is 29.6 Å². The van der Waals surface area contributed by atoms with Gasteiger partial charge >= 0.3 is 6.18 Å². The van der Waals surface area contributed by atoms with Gasteiger partial charge < -0.3 is 14.4 Å². The van der Waals surface area contributed by atoms with E-state index in [9.17, 15) is 22.4 Å². The molecule has 0 N–H and O–H groups in total. The molecular formula is C20H17ClF4N2O3. The molecule has 5 nitrogen and oxygen atoms in total. The number of hydrogen-bond donors (Lipinski definition) is 0. The van der Waals surface area contributed by atoms with Gasteiger partial charge in [0.2, 0.25) is 5.91 Å². The van der Waals surface area contributed by atoms with E-state index in [1.54, 1.807) is 6.07 Å². The number of morpholine rings is 1. The van der Waals surface area contributed by atoms with E-state index in [0.717, 1.165) is 24.3 Å². The molecule has 1 atom stereocenters. The van der Waals surface area contributed by atoms with E-state index in [-0.39, 0.29) is 31.9 Å². The number of halogens is 5. The van der Waals surface area contributed by atoms with Gasteiger partial charge in [-0.3, -0.25) is 9.78 Å². The van der Waals surface area contributed by atoms with Crippen LogP contribution in [0.1, 0.15) is 11.1 Å². The lowest BCUT2D eigenvalue weighted by Gasteiger charge is -2.32. The van der Waals surface area contributed by atoms with Crippen LogP contribution in [0.4, 0.5) is 17.6 Å². The molecule has 1 aliphatic rings. The standard InChI is InChI=1S/C20H17ClF4N2O3/c21-14-7-16(10-26-9-14)30-12-17-11-27(5-6-29-17)19(28)4-2-13-1-3-15(22)8-18(13)20(23,24)25/h1-4,7-10,17H,5-6,11-12H2/b4-2+. The second kappa shape index (κ2) is 9.44. The van der Waals surface area contributed by atoms with Crippen LogP contribution in [0.2, 0.25) is 5.02 Å². The monoisotopic (exact) mass is 444 g/mol. The molecule has 30 heavy (non-hydrogen) atoms. The largest absolute Gasteiger partial charge is 0.489 e. The van der Waals surface area contributed by atoms with Crippen LogP contribution < -0.4 is 4.74 Å². The van der Waals surface area contributed by atoms with E-state index in [1.807, 2.05) is 0 Å². The molecule has 3 rings (SSSR count). The van der Waals surface area contributed by atoms with Gasteiger partial charge in [-0.05, 0) is 23.8 Å². The summed E-state index contributed by atoms with van der Waals surface area (Å²) in [6.07, 6.45) is -0.145. The number of carbonyl (C=O) groups excluding carboxylic acids is 1. The Hall–Kier alpha value is -2.65. The Balaban J connectivity index is 1.62. The first kappa shape index (κ1) is 22.0. The summed E-state index contributed by atoms with van der Waals surface area (Å²) in [6.45, 7) is 0.887. The zero-order valence-corrected chi connectivity index (χ0v) is 16.3. The maximum absolute atomic E-state index is 13.2. The van der Waals surface area contributed by atoms with Crippen molar-refractivity contribution < 1.29 is 31.8 Å². The van der Waals surface area contributed by atoms with Crippen LogP contribution in [0, 0.1) is 5.82 Å². The van der Waals surface area contributed by atoms with E-state index >= 15 is 0 Å². The Morgan fingerprint density at radius 3 is 2.87 bits per heavy atom. The van der Waals surface area contributed by atoms with Crippen molar-refractivity contribution in [1.82, 2.24) is 9.88 Å². The maximum Gasteiger partial charge on any atom is 0.417 e. The molecule has 1 aromatic heterocycles. The van der Waals surface area contributed by atoms with Crippen molar-refractivity contribution in [3.63, 3.8) is 0 Å². The number of hydrogen-bond acceptors (Lipinski definition) is 4. The molecule has 0 spiro atoms. The summed E-state index contributed by atoms with van der Waals surface area (Å²) < 4.78 is 63.5. The minimum absolute atomic E-state index is 0.145. The number of carbonyl (C=O) groups is 1. The van der Waals surface area contributed by atoms with Crippen molar-refractivity contribution in [2.75, 3.05) is 26.3 Å². The molecule has 10 heteroatoms. The van der Waals surface area contributed by atoms with E-state index in [1.165, 1.54) is 17.3 Å². The van der Waals surface area contributed by atoms with Gasteiger partial charge in [0.25, 0.3) is 0 Å². The Kier molecular flexibility index (Phi) is 6.94. The number of rotatable bonds is 5. The molecule has 160 valence electrons. The van der Waals surface area contributed by atoms with Crippen molar-refractivity contribution in [2.24, 2.45) is 0 Å². The number of pyridine rings is 1. The van der Waals surface area contributed by atoms with Crippen molar-refractivity contribution in [1.29, 1.82) is 0 Å². The van der Waals surface area contributed by atoms with Gasteiger partial charge in [0.1, 0.15) is 24.3 Å². The summed E-state index contributed by atoms with van der Waals surface area (Å²) in [4.78, 5) is 17.8. The van der Waals surface area contributed by atoms with E-state index in [4.69, 9.17) is 21.1 Å². The first-order valence-electron chi connectivity index (χ1n) is 8.91. The number of benzene rings is 1. The van der Waals surface area contributed by atoms with Crippen LogP contribution in [-0.2, 0) is 15.7 Å². The van der Waals surface area contributed by atoms with E-state index in [2.05, 4.69) is 4.98 Å². The molecule has 2 aromatic rings. The molecule has 1 saturated heterocycles. The predicted octanol–water partition coefficient (Wildman–Crippen LogP) is 4.21. The van der Waals surface area contributed by atoms with Gasteiger partial charge in [0.15, 0.2) is 0 Å². The predicted molar refractivity (Wildman–Crippen MR) is 101 cm³/mol. The summed E-state index contributed by atoms with van der Waals surface area (Å²) in [5.41, 5.74) is -1.44. The fourth-order valence-corrected chi connectivity index (χ4v) is 3.03. The third kappa shape index (κ3) is 5.93. The fraction of sp³-hybridized carbons (Fsp3) is 0.300. The topological polar surface area (TPSA) is 51.7 Å². The van der Waals surface area contributed by atoms with Crippen LogP contribution in [-0.4, -0.2) is 48.2 Å². The van der Waals surface area contributed by atoms with Crippen LogP contribution in [0.3, 0.4) is 0 Å². The highest BCUT2D eigenvalue weighted by molar-refractivity contribution is 6.30. The first-order valence-corrected chi connectivity index (χ1v) is 9.29. The normalized spacial score (nSPS) is 17.4. The molecule has 0 saturated carbocycles. The highest BCUT2D eigenvalue weighted by Gasteiger charge is 2.33. The fourth-order valence-electron chi connectivity index (χ4n) is 2.87. The molecular weight excluding hydrogens is 428 g/mol. The summed E-state index contributed by atoms with van der Waals surface area (Å²) >= 11 is 5.84. The Morgan fingerprint density at radius 1 is 1.33 bits per heavy atom. The zero-order valence-electron chi connectivity index (χ0n) is 15.5. The third-order valence-corrected chi connectivity index (χ3v) is 4.50. The van der Waals surface area contributed by atoms with Crippen molar-refractivity contribution >= 4 is 23.6 Å². The number of amides is 1. The lowest BCUT2D eigenvalue weighted by molar-refractivity contribution is -0.138. The van der Waals surface area contributed by atoms with Gasteiger partial charge in [-0.25, -0.2) is 4.39 Å². The zero-order chi connectivity index (χ0) is 21.7. The van der Waals surface area contributed by atoms with Crippen LogP contribution in [0.15, 0.2) is 42.7 Å². The average Bonchev–Trinajstić information content (AvgIpc) is 2.71. The summed E-state index contributed by atoms with van der Waals surface area (Å²) in [5, 5.41) is 0.415. The number of ether oxygens (including phenoxy) is 2. The van der Waals surface area contributed by atoms with Crippen LogP contribution in [0.5, 0.6) is 5.75 Å². The molecule has 1 amide bonds. The summed E-state index contributed by atoms with van der Waals surface area (Å²) in [5.74, 6) is -1.03. The highest BCUT2D eigenvalue weighted by Crippen LogP contribution is 2.33. The maximum atomic E-state index is 13.2. The first-order chi connectivity index (χ1) is 14.2. The van der Waals surface area contributed by atoms with Gasteiger partial charge in [-0.15, -0.1) is 0 Å². The van der Waals surface area contributed by atoms with Gasteiger partial charge in [0, 0.05) is 24.9 Å². The quantitative estimate of drug-likeness (QED) is 0.512. The Morgan fingerprint density at radius 2 is 2.13 bits per heavy atom. The second-order valence-corrected chi connectivity index (χ2v) is 6.93. The third-order valence-electron chi connectivity index (χ3n) is 4.29. The van der Waals surface area contributed by atoms with Crippen LogP contribution >= 0.6 is 11.6 Å². The average molecular weight is 445 g/mol. The molecule has 1 aliphatic heterocycles. The van der Waals surface area contributed by atoms with Gasteiger partial charge in [0.05, 0.1) is 29.9 Å². The van der Waals surface area contributed by atoms with Crippen LogP contribution in [0.25, 0.3) is 6.08 Å². The number of aromatic nitrogens is 1. The van der Waals surface area contributed by atoms with Gasteiger partial charge in [-0.2, -0.15) is 13.2 Å². The molecule has 0 aliphatic carbocycles. The minimum atomic E-state index is -4.73. The minimum Gasteiger partial charge on any atom is -0.489 e. The molecule has 1 aromatic carbocycles. The highest BCUT2D eigenvalue weighted by atomic mass is 35.5. The molecule has 0 bridgehead atoms. The lowest BCUT2D eigenvalue weighted by atomic mass is 10.1. The summed E-state index contributed by atoms with van der Waals surface area (Å²) in [7, 11) is 0. The number of alkyl halides is 3. The molecule has 1 unspecified atom stereocenters. The Bertz CT molecular complexity index is 937. The van der Waals surface area contributed by atoms with Gasteiger partial charge in [-0.1, -0.05) is 17.7 Å². The molecule has 1 fully saturated rings. The molecule has 0 radical (unpaired) electrons. The number of nitrogens with zero attached hydrogens (tertiary/aromatic N) is 2.